The van der Waals surface area contributed by atoms with Crippen LogP contribution in [0.1, 0.15) is 37.8 Å². The van der Waals surface area contributed by atoms with Crippen molar-refractivity contribution in [2.24, 2.45) is 0 Å². The van der Waals surface area contributed by atoms with E-state index in [9.17, 15) is 14.4 Å². The summed E-state index contributed by atoms with van der Waals surface area (Å²) >= 11 is 0. The number of carbonyl (C=O) groups is 3. The lowest BCUT2D eigenvalue weighted by Gasteiger charge is -2.42. The number of likely N-dealkylation sites (N-methyl/N-ethyl adjacent to an activating group) is 1. The van der Waals surface area contributed by atoms with Gasteiger partial charge in [0.25, 0.3) is 0 Å². The van der Waals surface area contributed by atoms with Gasteiger partial charge in [0.2, 0.25) is 11.8 Å². The van der Waals surface area contributed by atoms with Gasteiger partial charge in [-0.3, -0.25) is 19.3 Å². The highest BCUT2D eigenvalue weighted by Gasteiger charge is 2.79. The summed E-state index contributed by atoms with van der Waals surface area (Å²) in [7, 11) is 3.31. The number of rotatable bonds is 2. The number of para-hydroxylation sites is 2. The smallest absolute Gasteiger partial charge is 0.238 e. The number of fused-ring (bicyclic) bond motifs is 5. The number of aromatic nitrogens is 1. The van der Waals surface area contributed by atoms with Crippen molar-refractivity contribution in [3.8, 4) is 5.88 Å². The second-order valence-electron chi connectivity index (χ2n) is 9.93. The topological polar surface area (TPSA) is 88.6 Å². The SMILES string of the molecule is COc1nc2ccccc2cc1[C@H]1CN(C)C2(C(=O)c3ccccc3C2=O)[C@]12C(=O)Nc1ccccc12. The summed E-state index contributed by atoms with van der Waals surface area (Å²) in [6.07, 6.45) is 0. The van der Waals surface area contributed by atoms with E-state index in [0.717, 1.165) is 10.9 Å². The standard InChI is InChI=1S/C30H23N3O4/c1-33-16-22(20-15-17-9-3-7-13-23(17)31-27(20)37-2)29(21-12-6-8-14-24(21)32-28(29)36)30(33)25(34)18-10-4-5-11-19(18)26(30)35/h3-15,22H,16H2,1-2H3,(H,32,36)/t22-,29+/m1/s1. The van der Waals surface area contributed by atoms with Gasteiger partial charge in [0, 0.05) is 40.2 Å². The van der Waals surface area contributed by atoms with Crippen LogP contribution in [-0.4, -0.2) is 53.6 Å². The van der Waals surface area contributed by atoms with Crippen LogP contribution in [-0.2, 0) is 10.2 Å². The molecule has 37 heavy (non-hydrogen) atoms. The molecule has 1 aliphatic carbocycles. The molecule has 1 saturated heterocycles. The van der Waals surface area contributed by atoms with E-state index < -0.39 is 16.9 Å². The van der Waals surface area contributed by atoms with Crippen LogP contribution in [0.4, 0.5) is 5.69 Å². The molecule has 0 radical (unpaired) electrons. The number of methoxy groups -OCH3 is 1. The molecule has 7 nitrogen and oxygen atoms in total. The van der Waals surface area contributed by atoms with E-state index in [0.29, 0.717) is 33.8 Å². The molecule has 3 heterocycles. The van der Waals surface area contributed by atoms with Crippen LogP contribution in [0.2, 0.25) is 0 Å². The number of hydrogen-bond donors (Lipinski definition) is 1. The van der Waals surface area contributed by atoms with Crippen LogP contribution in [0, 0.1) is 0 Å². The largest absolute Gasteiger partial charge is 0.481 e. The third kappa shape index (κ3) is 2.40. The molecule has 4 aromatic rings. The number of ketones is 2. The molecule has 1 amide bonds. The molecule has 1 fully saturated rings. The van der Waals surface area contributed by atoms with Crippen LogP contribution in [0.25, 0.3) is 10.9 Å². The van der Waals surface area contributed by atoms with Crippen LogP contribution >= 0.6 is 0 Å². The lowest BCUT2D eigenvalue weighted by atomic mass is 9.58. The third-order valence-electron chi connectivity index (χ3n) is 8.44. The van der Waals surface area contributed by atoms with Crippen molar-refractivity contribution in [3.05, 3.63) is 101 Å². The Morgan fingerprint density at radius 2 is 1.57 bits per heavy atom. The second kappa shape index (κ2) is 7.33. The Bertz CT molecular complexity index is 1640. The van der Waals surface area contributed by atoms with Crippen molar-refractivity contribution >= 4 is 34.1 Å². The van der Waals surface area contributed by atoms with Crippen molar-refractivity contribution in [1.29, 1.82) is 0 Å². The molecule has 1 N–H and O–H groups in total. The van der Waals surface area contributed by atoms with Crippen molar-refractivity contribution in [2.45, 2.75) is 16.9 Å². The molecule has 3 aromatic carbocycles. The predicted molar refractivity (Wildman–Crippen MR) is 138 cm³/mol. The average Bonchev–Trinajstić information content (AvgIpc) is 3.47. The highest BCUT2D eigenvalue weighted by atomic mass is 16.5. The van der Waals surface area contributed by atoms with Gasteiger partial charge in [-0.05, 0) is 30.8 Å². The van der Waals surface area contributed by atoms with Gasteiger partial charge in [-0.1, -0.05) is 60.7 Å². The van der Waals surface area contributed by atoms with E-state index in [1.54, 1.807) is 43.3 Å². The van der Waals surface area contributed by atoms with E-state index in [4.69, 9.17) is 9.72 Å². The maximum Gasteiger partial charge on any atom is 0.238 e. The molecular formula is C30H23N3O4. The number of hydrogen-bond acceptors (Lipinski definition) is 6. The molecule has 7 heteroatoms. The summed E-state index contributed by atoms with van der Waals surface area (Å²) < 4.78 is 5.76. The average molecular weight is 490 g/mol. The monoisotopic (exact) mass is 489 g/mol. The van der Waals surface area contributed by atoms with E-state index in [1.165, 1.54) is 0 Å². The number of benzene rings is 3. The highest BCUT2D eigenvalue weighted by Crippen LogP contribution is 2.63. The number of Topliss-reactive ketones (excluding diaryl/α,β-unsaturated/α-hetero) is 2. The van der Waals surface area contributed by atoms with Crippen molar-refractivity contribution in [3.63, 3.8) is 0 Å². The van der Waals surface area contributed by atoms with Crippen molar-refractivity contribution in [2.75, 3.05) is 26.0 Å². The molecule has 0 unspecified atom stereocenters. The zero-order chi connectivity index (χ0) is 25.5. The minimum Gasteiger partial charge on any atom is -0.481 e. The summed E-state index contributed by atoms with van der Waals surface area (Å²) in [6.45, 7) is 0.281. The maximum absolute atomic E-state index is 14.4. The highest BCUT2D eigenvalue weighted by molar-refractivity contribution is 6.37. The first-order chi connectivity index (χ1) is 18.0. The first kappa shape index (κ1) is 21.9. The Morgan fingerprint density at radius 3 is 2.30 bits per heavy atom. The molecule has 3 aliphatic rings. The first-order valence-corrected chi connectivity index (χ1v) is 12.2. The summed E-state index contributed by atoms with van der Waals surface area (Å²) in [5.41, 5.74) is 0.122. The van der Waals surface area contributed by atoms with Gasteiger partial charge in [-0.2, -0.15) is 0 Å². The zero-order valence-corrected chi connectivity index (χ0v) is 20.3. The molecular weight excluding hydrogens is 466 g/mol. The Kier molecular flexibility index (Phi) is 4.34. The minimum absolute atomic E-state index is 0.281. The molecule has 7 rings (SSSR count). The second-order valence-corrected chi connectivity index (χ2v) is 9.93. The van der Waals surface area contributed by atoms with Crippen molar-refractivity contribution in [1.82, 2.24) is 9.88 Å². The number of amides is 1. The fourth-order valence-corrected chi connectivity index (χ4v) is 7.02. The van der Waals surface area contributed by atoms with E-state index in [-0.39, 0.29) is 24.0 Å². The number of carbonyl (C=O) groups excluding carboxylic acids is 3. The molecule has 2 atom stereocenters. The van der Waals surface area contributed by atoms with Gasteiger partial charge in [0.15, 0.2) is 17.1 Å². The Balaban J connectivity index is 1.59. The number of nitrogens with one attached hydrogen (secondary N) is 1. The zero-order valence-electron chi connectivity index (χ0n) is 20.3. The number of pyridine rings is 1. The first-order valence-electron chi connectivity index (χ1n) is 12.2. The van der Waals surface area contributed by atoms with E-state index in [2.05, 4.69) is 5.32 Å². The molecule has 1 aromatic heterocycles. The Hall–Kier alpha value is -4.36. The Morgan fingerprint density at radius 1 is 0.919 bits per heavy atom. The summed E-state index contributed by atoms with van der Waals surface area (Å²) in [6, 6.07) is 23.9. The molecule has 0 bridgehead atoms. The van der Waals surface area contributed by atoms with E-state index >= 15 is 0 Å². The van der Waals surface area contributed by atoms with Crippen LogP contribution in [0.5, 0.6) is 5.88 Å². The predicted octanol–water partition coefficient (Wildman–Crippen LogP) is 3.98. The van der Waals surface area contributed by atoms with Gasteiger partial charge in [0.1, 0.15) is 5.41 Å². The lowest BCUT2D eigenvalue weighted by Crippen LogP contribution is -2.66. The van der Waals surface area contributed by atoms with Crippen LogP contribution in [0.15, 0.2) is 78.9 Å². The minimum atomic E-state index is -1.74. The summed E-state index contributed by atoms with van der Waals surface area (Å²) in [4.78, 5) is 49.7. The fourth-order valence-electron chi connectivity index (χ4n) is 7.02. The molecule has 2 spiro atoms. The maximum atomic E-state index is 14.4. The normalized spacial score (nSPS) is 23.6. The summed E-state index contributed by atoms with van der Waals surface area (Å²) in [5, 5.41) is 3.90. The molecule has 2 aliphatic heterocycles. The quantitative estimate of drug-likeness (QED) is 0.429. The van der Waals surface area contributed by atoms with Gasteiger partial charge in [-0.25, -0.2) is 4.98 Å². The van der Waals surface area contributed by atoms with Crippen molar-refractivity contribution < 1.29 is 19.1 Å². The van der Waals surface area contributed by atoms with Gasteiger partial charge in [0.05, 0.1) is 12.6 Å². The summed E-state index contributed by atoms with van der Waals surface area (Å²) in [5.74, 6) is -1.28. The van der Waals surface area contributed by atoms with Gasteiger partial charge >= 0.3 is 0 Å². The van der Waals surface area contributed by atoms with E-state index in [1.807, 2.05) is 54.6 Å². The third-order valence-corrected chi connectivity index (χ3v) is 8.44. The number of likely N-dealkylation sites (tertiary alicyclic amines) is 1. The Labute approximate surface area is 213 Å². The van der Waals surface area contributed by atoms with Crippen LogP contribution in [0.3, 0.4) is 0 Å². The molecule has 182 valence electrons. The lowest BCUT2D eigenvalue weighted by molar-refractivity contribution is -0.122. The number of nitrogens with zero attached hydrogens (tertiary/aromatic N) is 2. The number of ether oxygens (including phenoxy) is 1. The van der Waals surface area contributed by atoms with Gasteiger partial charge in [-0.15, -0.1) is 0 Å². The van der Waals surface area contributed by atoms with Gasteiger partial charge < -0.3 is 10.1 Å². The number of anilines is 1. The fraction of sp³-hybridized carbons (Fsp3) is 0.200. The van der Waals surface area contributed by atoms with Crippen LogP contribution < -0.4 is 10.1 Å². The molecule has 0 saturated carbocycles.